The van der Waals surface area contributed by atoms with Gasteiger partial charge in [-0.15, -0.1) is 0 Å². The molecule has 23 heavy (non-hydrogen) atoms. The van der Waals surface area contributed by atoms with Crippen LogP contribution in [0.25, 0.3) is 0 Å². The van der Waals surface area contributed by atoms with Crippen LogP contribution in [-0.4, -0.2) is 19.6 Å². The highest BCUT2D eigenvalue weighted by Gasteiger charge is 2.10. The van der Waals surface area contributed by atoms with Crippen molar-refractivity contribution >= 4 is 17.3 Å². The van der Waals surface area contributed by atoms with Gasteiger partial charge in [-0.25, -0.2) is 0 Å². The molecule has 122 valence electrons. The minimum Gasteiger partial charge on any atom is -0.495 e. The second kappa shape index (κ2) is 8.08. The number of benzene rings is 2. The number of ether oxygens (including phenoxy) is 2. The summed E-state index contributed by atoms with van der Waals surface area (Å²) in [7, 11) is 1.55. The first-order valence-electron chi connectivity index (χ1n) is 7.61. The van der Waals surface area contributed by atoms with Crippen molar-refractivity contribution in [3.63, 3.8) is 0 Å². The topological polar surface area (TPSA) is 73.6 Å². The van der Waals surface area contributed by atoms with E-state index in [0.717, 1.165) is 18.6 Å². The SMILES string of the molecule is CCCCOc1ccc(C(=O)Nc2cc(N)ccc2OC)cc1. The largest absolute Gasteiger partial charge is 0.495 e. The summed E-state index contributed by atoms with van der Waals surface area (Å²) >= 11 is 0. The Morgan fingerprint density at radius 3 is 2.57 bits per heavy atom. The predicted octanol–water partition coefficient (Wildman–Crippen LogP) is 3.71. The molecule has 0 heterocycles. The highest BCUT2D eigenvalue weighted by molar-refractivity contribution is 6.05. The summed E-state index contributed by atoms with van der Waals surface area (Å²) < 4.78 is 10.8. The summed E-state index contributed by atoms with van der Waals surface area (Å²) in [4.78, 5) is 12.3. The molecule has 0 radical (unpaired) electrons. The number of nitrogen functional groups attached to an aromatic ring is 1. The van der Waals surface area contributed by atoms with Crippen LogP contribution in [0.5, 0.6) is 11.5 Å². The summed E-state index contributed by atoms with van der Waals surface area (Å²) in [5.74, 6) is 1.10. The number of unbranched alkanes of at least 4 members (excludes halogenated alkanes) is 1. The molecule has 0 aromatic heterocycles. The Kier molecular flexibility index (Phi) is 5.86. The van der Waals surface area contributed by atoms with Gasteiger partial charge in [0.1, 0.15) is 11.5 Å². The molecule has 0 saturated carbocycles. The van der Waals surface area contributed by atoms with Gasteiger partial charge in [0.15, 0.2) is 0 Å². The third-order valence-corrected chi connectivity index (χ3v) is 3.35. The summed E-state index contributed by atoms with van der Waals surface area (Å²) in [5.41, 5.74) is 7.39. The van der Waals surface area contributed by atoms with Crippen LogP contribution in [0.4, 0.5) is 11.4 Å². The summed E-state index contributed by atoms with van der Waals surface area (Å²) in [5, 5.41) is 2.81. The van der Waals surface area contributed by atoms with Crippen molar-refractivity contribution in [2.75, 3.05) is 24.8 Å². The van der Waals surface area contributed by atoms with Gasteiger partial charge in [0, 0.05) is 11.3 Å². The lowest BCUT2D eigenvalue weighted by Gasteiger charge is -2.11. The second-order valence-corrected chi connectivity index (χ2v) is 5.14. The number of nitrogens with one attached hydrogen (secondary N) is 1. The number of methoxy groups -OCH3 is 1. The third kappa shape index (κ3) is 4.64. The lowest BCUT2D eigenvalue weighted by Crippen LogP contribution is -2.12. The molecular weight excluding hydrogens is 292 g/mol. The van der Waals surface area contributed by atoms with E-state index in [0.29, 0.717) is 29.3 Å². The quantitative estimate of drug-likeness (QED) is 0.603. The van der Waals surface area contributed by atoms with Gasteiger partial charge in [-0.3, -0.25) is 4.79 Å². The molecule has 0 fully saturated rings. The van der Waals surface area contributed by atoms with Crippen molar-refractivity contribution in [3.8, 4) is 11.5 Å². The lowest BCUT2D eigenvalue weighted by atomic mass is 10.2. The molecule has 5 nitrogen and oxygen atoms in total. The first-order valence-corrected chi connectivity index (χ1v) is 7.61. The maximum Gasteiger partial charge on any atom is 0.255 e. The Morgan fingerprint density at radius 1 is 1.17 bits per heavy atom. The van der Waals surface area contributed by atoms with Crippen LogP contribution in [0.3, 0.4) is 0 Å². The van der Waals surface area contributed by atoms with Crippen LogP contribution in [0.15, 0.2) is 42.5 Å². The van der Waals surface area contributed by atoms with Crippen LogP contribution in [0.1, 0.15) is 30.1 Å². The number of amides is 1. The summed E-state index contributed by atoms with van der Waals surface area (Å²) in [6.07, 6.45) is 2.10. The van der Waals surface area contributed by atoms with Crippen LogP contribution in [-0.2, 0) is 0 Å². The fourth-order valence-electron chi connectivity index (χ4n) is 2.05. The van der Waals surface area contributed by atoms with E-state index in [1.165, 1.54) is 0 Å². The normalized spacial score (nSPS) is 10.2. The van der Waals surface area contributed by atoms with E-state index < -0.39 is 0 Å². The molecule has 2 aromatic carbocycles. The molecule has 0 saturated heterocycles. The average Bonchev–Trinajstić information content (AvgIpc) is 2.56. The smallest absolute Gasteiger partial charge is 0.255 e. The number of hydrogen-bond acceptors (Lipinski definition) is 4. The van der Waals surface area contributed by atoms with Gasteiger partial charge in [-0.1, -0.05) is 13.3 Å². The van der Waals surface area contributed by atoms with Gasteiger partial charge in [-0.2, -0.15) is 0 Å². The molecule has 2 rings (SSSR count). The van der Waals surface area contributed by atoms with Gasteiger partial charge >= 0.3 is 0 Å². The van der Waals surface area contributed by atoms with Crippen LogP contribution < -0.4 is 20.5 Å². The molecule has 0 bridgehead atoms. The Hall–Kier alpha value is -2.69. The molecule has 0 spiro atoms. The number of hydrogen-bond donors (Lipinski definition) is 2. The predicted molar refractivity (Wildman–Crippen MR) is 92.2 cm³/mol. The van der Waals surface area contributed by atoms with Crippen molar-refractivity contribution in [1.29, 1.82) is 0 Å². The highest BCUT2D eigenvalue weighted by atomic mass is 16.5. The first kappa shape index (κ1) is 16.7. The standard InChI is InChI=1S/C18H22N2O3/c1-3-4-11-23-15-8-5-13(6-9-15)18(21)20-16-12-14(19)7-10-17(16)22-2/h5-10,12H,3-4,11,19H2,1-2H3,(H,20,21). The van der Waals surface area contributed by atoms with Crippen LogP contribution in [0, 0.1) is 0 Å². The van der Waals surface area contributed by atoms with Crippen molar-refractivity contribution in [2.45, 2.75) is 19.8 Å². The fraction of sp³-hybridized carbons (Fsp3) is 0.278. The van der Waals surface area contributed by atoms with Crippen LogP contribution >= 0.6 is 0 Å². The number of anilines is 2. The van der Waals surface area contributed by atoms with Crippen molar-refractivity contribution < 1.29 is 14.3 Å². The zero-order chi connectivity index (χ0) is 16.7. The second-order valence-electron chi connectivity index (χ2n) is 5.14. The zero-order valence-corrected chi connectivity index (χ0v) is 13.5. The van der Waals surface area contributed by atoms with Gasteiger partial charge in [-0.05, 0) is 48.9 Å². The Morgan fingerprint density at radius 2 is 1.91 bits per heavy atom. The Balaban J connectivity index is 2.05. The average molecular weight is 314 g/mol. The Labute approximate surface area is 136 Å². The maximum atomic E-state index is 12.3. The minimum absolute atomic E-state index is 0.228. The van der Waals surface area contributed by atoms with E-state index in [4.69, 9.17) is 15.2 Å². The molecule has 0 aliphatic carbocycles. The maximum absolute atomic E-state index is 12.3. The summed E-state index contributed by atoms with van der Waals surface area (Å²) in [6.45, 7) is 2.80. The number of carbonyl (C=O) groups is 1. The molecule has 1 amide bonds. The molecule has 5 heteroatoms. The van der Waals surface area contributed by atoms with Gasteiger partial charge < -0.3 is 20.5 Å². The van der Waals surface area contributed by atoms with Crippen LogP contribution in [0.2, 0.25) is 0 Å². The number of nitrogens with two attached hydrogens (primary N) is 1. The van der Waals surface area contributed by atoms with E-state index in [1.807, 2.05) is 0 Å². The van der Waals surface area contributed by atoms with Crippen molar-refractivity contribution in [1.82, 2.24) is 0 Å². The monoisotopic (exact) mass is 314 g/mol. The molecular formula is C18H22N2O3. The molecule has 0 aliphatic rings. The van der Waals surface area contributed by atoms with E-state index in [1.54, 1.807) is 49.6 Å². The molecule has 0 atom stereocenters. The van der Waals surface area contributed by atoms with E-state index in [2.05, 4.69) is 12.2 Å². The van der Waals surface area contributed by atoms with Crippen molar-refractivity contribution in [3.05, 3.63) is 48.0 Å². The van der Waals surface area contributed by atoms with Gasteiger partial charge in [0.25, 0.3) is 5.91 Å². The van der Waals surface area contributed by atoms with E-state index in [-0.39, 0.29) is 5.91 Å². The van der Waals surface area contributed by atoms with Gasteiger partial charge in [0.05, 0.1) is 19.4 Å². The molecule has 0 unspecified atom stereocenters. The van der Waals surface area contributed by atoms with E-state index >= 15 is 0 Å². The molecule has 0 aliphatic heterocycles. The van der Waals surface area contributed by atoms with Gasteiger partial charge in [0.2, 0.25) is 0 Å². The number of carbonyl (C=O) groups excluding carboxylic acids is 1. The molecule has 3 N–H and O–H groups in total. The highest BCUT2D eigenvalue weighted by Crippen LogP contribution is 2.27. The van der Waals surface area contributed by atoms with E-state index in [9.17, 15) is 4.79 Å². The zero-order valence-electron chi connectivity index (χ0n) is 13.5. The fourth-order valence-corrected chi connectivity index (χ4v) is 2.05. The lowest BCUT2D eigenvalue weighted by molar-refractivity contribution is 0.102. The Bertz CT molecular complexity index is 654. The summed E-state index contributed by atoms with van der Waals surface area (Å²) in [6, 6.07) is 12.2. The minimum atomic E-state index is -0.228. The molecule has 2 aromatic rings. The first-order chi connectivity index (χ1) is 11.1. The number of rotatable bonds is 7. The third-order valence-electron chi connectivity index (χ3n) is 3.35. The van der Waals surface area contributed by atoms with Crippen molar-refractivity contribution in [2.24, 2.45) is 0 Å².